The van der Waals surface area contributed by atoms with Crippen LogP contribution in [0.1, 0.15) is 5.69 Å². The summed E-state index contributed by atoms with van der Waals surface area (Å²) < 4.78 is 26.3. The molecular formula is C13H17N3O2S3. The van der Waals surface area contributed by atoms with Gasteiger partial charge in [-0.25, -0.2) is 18.1 Å². The SMILES string of the molecule is Nc1cccc(SCCS(=O)(=O)NCCc2cscn2)c1. The van der Waals surface area contributed by atoms with Crippen LogP contribution in [-0.4, -0.2) is 31.5 Å². The van der Waals surface area contributed by atoms with E-state index in [1.165, 1.54) is 23.1 Å². The molecule has 2 rings (SSSR count). The molecule has 0 spiro atoms. The molecule has 0 saturated carbocycles. The molecule has 1 aromatic carbocycles. The molecule has 0 aliphatic carbocycles. The fourth-order valence-corrected chi connectivity index (χ4v) is 4.63. The molecule has 1 heterocycles. The van der Waals surface area contributed by atoms with Gasteiger partial charge in [-0.1, -0.05) is 6.07 Å². The van der Waals surface area contributed by atoms with Crippen molar-refractivity contribution in [1.29, 1.82) is 0 Å². The van der Waals surface area contributed by atoms with Crippen LogP contribution in [0.3, 0.4) is 0 Å². The summed E-state index contributed by atoms with van der Waals surface area (Å²) in [6, 6.07) is 7.43. The lowest BCUT2D eigenvalue weighted by Crippen LogP contribution is -2.29. The van der Waals surface area contributed by atoms with Gasteiger partial charge in [0.2, 0.25) is 10.0 Å². The number of rotatable bonds is 8. The van der Waals surface area contributed by atoms with E-state index in [0.29, 0.717) is 24.4 Å². The molecule has 0 aliphatic rings. The van der Waals surface area contributed by atoms with Gasteiger partial charge >= 0.3 is 0 Å². The minimum atomic E-state index is -3.24. The Bertz CT molecular complexity index is 657. The van der Waals surface area contributed by atoms with E-state index >= 15 is 0 Å². The molecule has 0 radical (unpaired) electrons. The third-order valence-electron chi connectivity index (χ3n) is 2.67. The quantitative estimate of drug-likeness (QED) is 0.565. The standard InChI is InChI=1S/C13H17N3O2S3/c14-11-2-1-3-13(8-11)20-6-7-21(17,18)16-5-4-12-9-19-10-15-12/h1-3,8-10,16H,4-7,14H2. The number of sulfonamides is 1. The van der Waals surface area contributed by atoms with Crippen LogP contribution in [0.25, 0.3) is 0 Å². The summed E-state index contributed by atoms with van der Waals surface area (Å²) >= 11 is 2.99. The molecule has 2 aromatic rings. The summed E-state index contributed by atoms with van der Waals surface area (Å²) in [7, 11) is -3.24. The predicted molar refractivity (Wildman–Crippen MR) is 89.2 cm³/mol. The number of nitrogens with one attached hydrogen (secondary N) is 1. The first kappa shape index (κ1) is 16.3. The van der Waals surface area contributed by atoms with Crippen molar-refractivity contribution >= 4 is 38.8 Å². The lowest BCUT2D eigenvalue weighted by Gasteiger charge is -2.06. The van der Waals surface area contributed by atoms with Crippen molar-refractivity contribution in [2.24, 2.45) is 0 Å². The molecule has 8 heteroatoms. The van der Waals surface area contributed by atoms with Crippen LogP contribution in [0.15, 0.2) is 40.1 Å². The lowest BCUT2D eigenvalue weighted by atomic mass is 10.3. The van der Waals surface area contributed by atoms with Crippen molar-refractivity contribution in [1.82, 2.24) is 9.71 Å². The summed E-state index contributed by atoms with van der Waals surface area (Å²) in [6.45, 7) is 0.384. The van der Waals surface area contributed by atoms with Gasteiger partial charge in [0.15, 0.2) is 0 Å². The maximum absolute atomic E-state index is 11.8. The first-order chi connectivity index (χ1) is 10.1. The molecule has 0 amide bonds. The molecule has 21 heavy (non-hydrogen) atoms. The number of nitrogen functional groups attached to an aromatic ring is 1. The lowest BCUT2D eigenvalue weighted by molar-refractivity contribution is 0.583. The van der Waals surface area contributed by atoms with Crippen LogP contribution >= 0.6 is 23.1 Å². The van der Waals surface area contributed by atoms with Crippen LogP contribution in [-0.2, 0) is 16.4 Å². The zero-order valence-corrected chi connectivity index (χ0v) is 13.8. The molecule has 0 saturated heterocycles. The van der Waals surface area contributed by atoms with Gasteiger partial charge in [0, 0.05) is 34.7 Å². The van der Waals surface area contributed by atoms with E-state index in [1.54, 1.807) is 11.6 Å². The average Bonchev–Trinajstić information content (AvgIpc) is 2.91. The van der Waals surface area contributed by atoms with Crippen LogP contribution in [0, 0.1) is 0 Å². The smallest absolute Gasteiger partial charge is 0.212 e. The summed E-state index contributed by atoms with van der Waals surface area (Å²) in [4.78, 5) is 5.09. The number of thiazole rings is 1. The van der Waals surface area contributed by atoms with E-state index in [1.807, 2.05) is 23.6 Å². The number of aromatic nitrogens is 1. The van der Waals surface area contributed by atoms with E-state index in [9.17, 15) is 8.42 Å². The zero-order chi connectivity index (χ0) is 15.1. The predicted octanol–water partition coefficient (Wildman–Crippen LogP) is 1.98. The van der Waals surface area contributed by atoms with Crippen molar-refractivity contribution in [3.8, 4) is 0 Å². The third-order valence-corrected chi connectivity index (χ3v) is 5.94. The highest BCUT2D eigenvalue weighted by Crippen LogP contribution is 2.20. The molecule has 3 N–H and O–H groups in total. The summed E-state index contributed by atoms with van der Waals surface area (Å²) in [5.41, 5.74) is 9.02. The van der Waals surface area contributed by atoms with Crippen molar-refractivity contribution in [2.45, 2.75) is 11.3 Å². The minimum Gasteiger partial charge on any atom is -0.399 e. The van der Waals surface area contributed by atoms with Gasteiger partial charge in [0.05, 0.1) is 17.0 Å². The molecule has 0 fully saturated rings. The zero-order valence-electron chi connectivity index (χ0n) is 11.4. The minimum absolute atomic E-state index is 0.0868. The molecular weight excluding hydrogens is 326 g/mol. The molecule has 0 aliphatic heterocycles. The van der Waals surface area contributed by atoms with Gasteiger partial charge in [-0.15, -0.1) is 23.1 Å². The second-order valence-corrected chi connectivity index (χ2v) is 8.18. The number of nitrogens with two attached hydrogens (primary N) is 1. The monoisotopic (exact) mass is 343 g/mol. The van der Waals surface area contributed by atoms with Gasteiger partial charge < -0.3 is 5.73 Å². The molecule has 5 nitrogen and oxygen atoms in total. The van der Waals surface area contributed by atoms with Gasteiger partial charge in [-0.3, -0.25) is 0 Å². The van der Waals surface area contributed by atoms with Crippen LogP contribution in [0.5, 0.6) is 0 Å². The first-order valence-corrected chi connectivity index (χ1v) is 9.96. The largest absolute Gasteiger partial charge is 0.399 e. The van der Waals surface area contributed by atoms with Crippen LogP contribution in [0.2, 0.25) is 0 Å². The third kappa shape index (κ3) is 6.04. The molecule has 0 unspecified atom stereocenters. The van der Waals surface area contributed by atoms with Gasteiger partial charge in [0.25, 0.3) is 0 Å². The molecule has 1 aromatic heterocycles. The number of benzene rings is 1. The van der Waals surface area contributed by atoms with E-state index in [2.05, 4.69) is 9.71 Å². The van der Waals surface area contributed by atoms with Crippen molar-refractivity contribution in [3.63, 3.8) is 0 Å². The van der Waals surface area contributed by atoms with Crippen molar-refractivity contribution in [2.75, 3.05) is 23.8 Å². The second-order valence-electron chi connectivity index (χ2n) is 4.36. The van der Waals surface area contributed by atoms with E-state index in [4.69, 9.17) is 5.73 Å². The maximum atomic E-state index is 11.8. The van der Waals surface area contributed by atoms with E-state index in [-0.39, 0.29) is 5.75 Å². The van der Waals surface area contributed by atoms with Crippen molar-refractivity contribution in [3.05, 3.63) is 40.8 Å². The second kappa shape index (κ2) is 7.79. The van der Waals surface area contributed by atoms with E-state index in [0.717, 1.165) is 10.6 Å². The molecule has 0 bridgehead atoms. The van der Waals surface area contributed by atoms with Crippen LogP contribution in [0.4, 0.5) is 5.69 Å². The summed E-state index contributed by atoms with van der Waals surface area (Å²) in [5, 5.41) is 1.92. The Morgan fingerprint density at radius 2 is 2.24 bits per heavy atom. The average molecular weight is 343 g/mol. The van der Waals surface area contributed by atoms with Gasteiger partial charge in [0.1, 0.15) is 0 Å². The topological polar surface area (TPSA) is 85.1 Å². The highest BCUT2D eigenvalue weighted by atomic mass is 32.2. The number of hydrogen-bond acceptors (Lipinski definition) is 6. The van der Waals surface area contributed by atoms with Gasteiger partial charge in [-0.05, 0) is 18.2 Å². The highest BCUT2D eigenvalue weighted by molar-refractivity contribution is 8.00. The Hall–Kier alpha value is -1.09. The summed E-state index contributed by atoms with van der Waals surface area (Å²) in [6.07, 6.45) is 0.616. The van der Waals surface area contributed by atoms with Gasteiger partial charge in [-0.2, -0.15) is 0 Å². The Balaban J connectivity index is 1.71. The Kier molecular flexibility index (Phi) is 6.04. The molecule has 0 atom stereocenters. The summed E-state index contributed by atoms with van der Waals surface area (Å²) in [5.74, 6) is 0.582. The Morgan fingerprint density at radius 3 is 2.95 bits per heavy atom. The molecule has 114 valence electrons. The van der Waals surface area contributed by atoms with E-state index < -0.39 is 10.0 Å². The van der Waals surface area contributed by atoms with Crippen molar-refractivity contribution < 1.29 is 8.42 Å². The number of thioether (sulfide) groups is 1. The highest BCUT2D eigenvalue weighted by Gasteiger charge is 2.10. The van der Waals surface area contributed by atoms with Crippen LogP contribution < -0.4 is 10.5 Å². The maximum Gasteiger partial charge on any atom is 0.212 e. The Morgan fingerprint density at radius 1 is 1.38 bits per heavy atom. The Labute approximate surface area is 133 Å². The fourth-order valence-electron chi connectivity index (χ4n) is 1.64. The fraction of sp³-hybridized carbons (Fsp3) is 0.308. The number of hydrogen-bond donors (Lipinski definition) is 2. The number of nitrogens with zero attached hydrogens (tertiary/aromatic N) is 1. The normalized spacial score (nSPS) is 11.6. The first-order valence-electron chi connectivity index (χ1n) is 6.38. The number of anilines is 1.